The summed E-state index contributed by atoms with van der Waals surface area (Å²) in [6, 6.07) is 16.0. The number of nitrogens with one attached hydrogen (secondary N) is 1. The van der Waals surface area contributed by atoms with E-state index in [-0.39, 0.29) is 24.3 Å². The fourth-order valence-electron chi connectivity index (χ4n) is 3.45. The molecule has 1 fully saturated rings. The van der Waals surface area contributed by atoms with Crippen LogP contribution < -0.4 is 10.9 Å². The minimum atomic E-state index is -0.443. The fourth-order valence-corrected chi connectivity index (χ4v) is 3.45. The summed E-state index contributed by atoms with van der Waals surface area (Å²) >= 11 is 0. The van der Waals surface area contributed by atoms with Gasteiger partial charge in [0.1, 0.15) is 5.58 Å². The van der Waals surface area contributed by atoms with Crippen molar-refractivity contribution in [2.45, 2.75) is 19.4 Å². The summed E-state index contributed by atoms with van der Waals surface area (Å²) in [5, 5.41) is 3.62. The molecule has 2 heterocycles. The predicted molar refractivity (Wildman–Crippen MR) is 106 cm³/mol. The molecule has 1 aromatic heterocycles. The number of benzene rings is 2. The van der Waals surface area contributed by atoms with Crippen LogP contribution in [0, 0.1) is 0 Å². The summed E-state index contributed by atoms with van der Waals surface area (Å²) in [5.41, 5.74) is 1.60. The highest BCUT2D eigenvalue weighted by atomic mass is 16.4. The maximum Gasteiger partial charge on any atom is 0.344 e. The summed E-state index contributed by atoms with van der Waals surface area (Å²) < 4.78 is 5.41. The molecule has 0 bridgehead atoms. The zero-order valence-corrected chi connectivity index (χ0v) is 15.5. The first kappa shape index (κ1) is 18.0. The number of hydrogen-bond donors (Lipinski definition) is 1. The van der Waals surface area contributed by atoms with Crippen molar-refractivity contribution in [2.75, 3.05) is 13.1 Å². The van der Waals surface area contributed by atoms with Gasteiger partial charge in [0.05, 0.1) is 5.56 Å². The molecule has 0 radical (unpaired) electrons. The zero-order valence-electron chi connectivity index (χ0n) is 15.5. The Morgan fingerprint density at radius 1 is 1.11 bits per heavy atom. The second-order valence-corrected chi connectivity index (χ2v) is 6.97. The van der Waals surface area contributed by atoms with Gasteiger partial charge in [-0.1, -0.05) is 30.3 Å². The molecule has 1 atom stereocenters. The largest absolute Gasteiger partial charge is 0.422 e. The summed E-state index contributed by atoms with van der Waals surface area (Å²) in [5.74, 6) is -0.208. The van der Waals surface area contributed by atoms with Gasteiger partial charge in [0.2, 0.25) is 5.91 Å². The summed E-state index contributed by atoms with van der Waals surface area (Å²) in [6.07, 6.45) is 0.282. The average Bonchev–Trinajstić information content (AvgIpc) is 2.88. The number of amides is 2. The van der Waals surface area contributed by atoms with Crippen LogP contribution in [-0.4, -0.2) is 35.8 Å². The van der Waals surface area contributed by atoms with Gasteiger partial charge in [-0.05, 0) is 36.8 Å². The van der Waals surface area contributed by atoms with E-state index in [0.717, 1.165) is 5.39 Å². The van der Waals surface area contributed by atoms with Crippen LogP contribution in [-0.2, 0) is 4.79 Å². The van der Waals surface area contributed by atoms with Crippen LogP contribution in [0.3, 0.4) is 0 Å². The van der Waals surface area contributed by atoms with Crippen LogP contribution in [0.25, 0.3) is 22.1 Å². The van der Waals surface area contributed by atoms with E-state index in [0.29, 0.717) is 35.4 Å². The lowest BCUT2D eigenvalue weighted by Crippen LogP contribution is -2.41. The van der Waals surface area contributed by atoms with Crippen molar-refractivity contribution < 1.29 is 14.0 Å². The molecule has 6 heteroatoms. The minimum Gasteiger partial charge on any atom is -0.422 e. The number of nitrogens with zero attached hydrogens (tertiary/aromatic N) is 1. The number of fused-ring (bicyclic) bond motifs is 1. The van der Waals surface area contributed by atoms with Crippen molar-refractivity contribution in [3.63, 3.8) is 0 Å². The fraction of sp³-hybridized carbons (Fsp3) is 0.227. The van der Waals surface area contributed by atoms with Crippen LogP contribution in [0.15, 0.2) is 63.8 Å². The van der Waals surface area contributed by atoms with Crippen molar-refractivity contribution in [1.29, 1.82) is 0 Å². The van der Waals surface area contributed by atoms with E-state index in [2.05, 4.69) is 5.32 Å². The van der Waals surface area contributed by atoms with Gasteiger partial charge in [-0.3, -0.25) is 9.59 Å². The lowest BCUT2D eigenvalue weighted by molar-refractivity contribution is -0.120. The SMILES string of the molecule is CC1CNC(=O)CCN1C(=O)c1cccc(-c2cc3ccccc3oc2=O)c1. The first-order valence-corrected chi connectivity index (χ1v) is 9.24. The Bertz CT molecular complexity index is 1120. The molecule has 4 rings (SSSR count). The standard InChI is InChI=1S/C22H20N2O4/c1-14-13-23-20(25)9-10-24(14)21(26)17-7-4-6-15(11-17)18-12-16-5-2-3-8-19(16)28-22(18)27/h2-8,11-12,14H,9-10,13H2,1H3,(H,23,25). The molecule has 1 unspecified atom stereocenters. The Hall–Kier alpha value is -3.41. The van der Waals surface area contributed by atoms with Gasteiger partial charge < -0.3 is 14.6 Å². The Morgan fingerprint density at radius 3 is 2.79 bits per heavy atom. The molecule has 6 nitrogen and oxygen atoms in total. The van der Waals surface area contributed by atoms with Crippen LogP contribution in [0.5, 0.6) is 0 Å². The van der Waals surface area contributed by atoms with Crippen molar-refractivity contribution in [3.05, 3.63) is 70.6 Å². The Labute approximate surface area is 161 Å². The van der Waals surface area contributed by atoms with Gasteiger partial charge >= 0.3 is 5.63 Å². The molecule has 1 N–H and O–H groups in total. The lowest BCUT2D eigenvalue weighted by atomic mass is 10.0. The van der Waals surface area contributed by atoms with E-state index in [1.807, 2.05) is 25.1 Å². The van der Waals surface area contributed by atoms with E-state index < -0.39 is 5.63 Å². The maximum absolute atomic E-state index is 13.0. The Balaban J connectivity index is 1.70. The number of para-hydroxylation sites is 1. The lowest BCUT2D eigenvalue weighted by Gasteiger charge is -2.26. The molecule has 1 aliphatic rings. The molecule has 0 aliphatic carbocycles. The van der Waals surface area contributed by atoms with Crippen LogP contribution >= 0.6 is 0 Å². The van der Waals surface area contributed by atoms with Gasteiger partial charge in [0.25, 0.3) is 5.91 Å². The third-order valence-electron chi connectivity index (χ3n) is 5.03. The van der Waals surface area contributed by atoms with Crippen LogP contribution in [0.1, 0.15) is 23.7 Å². The maximum atomic E-state index is 13.0. The van der Waals surface area contributed by atoms with E-state index >= 15 is 0 Å². The number of rotatable bonds is 2. The average molecular weight is 376 g/mol. The predicted octanol–water partition coefficient (Wildman–Crippen LogP) is 2.81. The van der Waals surface area contributed by atoms with Crippen molar-refractivity contribution in [1.82, 2.24) is 10.2 Å². The highest BCUT2D eigenvalue weighted by molar-refractivity contribution is 5.96. The zero-order chi connectivity index (χ0) is 19.7. The first-order valence-electron chi connectivity index (χ1n) is 9.24. The van der Waals surface area contributed by atoms with Gasteiger partial charge in [-0.15, -0.1) is 0 Å². The normalized spacial score (nSPS) is 17.2. The van der Waals surface area contributed by atoms with E-state index in [9.17, 15) is 14.4 Å². The van der Waals surface area contributed by atoms with Crippen LogP contribution in [0.4, 0.5) is 0 Å². The molecule has 1 saturated heterocycles. The second kappa shape index (κ2) is 7.31. The third-order valence-corrected chi connectivity index (χ3v) is 5.03. The molecule has 2 amide bonds. The van der Waals surface area contributed by atoms with E-state index in [1.54, 1.807) is 41.3 Å². The monoisotopic (exact) mass is 376 g/mol. The molecule has 28 heavy (non-hydrogen) atoms. The molecular weight excluding hydrogens is 356 g/mol. The summed E-state index contributed by atoms with van der Waals surface area (Å²) in [4.78, 5) is 38.8. The van der Waals surface area contributed by atoms with Crippen molar-refractivity contribution in [3.8, 4) is 11.1 Å². The summed E-state index contributed by atoms with van der Waals surface area (Å²) in [6.45, 7) is 2.71. The topological polar surface area (TPSA) is 79.6 Å². The molecule has 1 aliphatic heterocycles. The third kappa shape index (κ3) is 3.41. The molecular formula is C22H20N2O4. The first-order chi connectivity index (χ1) is 13.5. The number of carbonyl (C=O) groups is 2. The van der Waals surface area contributed by atoms with E-state index in [1.165, 1.54) is 0 Å². The smallest absolute Gasteiger partial charge is 0.344 e. The van der Waals surface area contributed by atoms with Gasteiger partial charge in [-0.2, -0.15) is 0 Å². The van der Waals surface area contributed by atoms with Crippen LogP contribution in [0.2, 0.25) is 0 Å². The summed E-state index contributed by atoms with van der Waals surface area (Å²) in [7, 11) is 0. The van der Waals surface area contributed by atoms with Gasteiger partial charge in [0, 0.05) is 36.5 Å². The van der Waals surface area contributed by atoms with Crippen molar-refractivity contribution in [2.24, 2.45) is 0 Å². The van der Waals surface area contributed by atoms with E-state index in [4.69, 9.17) is 4.42 Å². The number of hydrogen-bond acceptors (Lipinski definition) is 4. The van der Waals surface area contributed by atoms with Gasteiger partial charge in [0.15, 0.2) is 0 Å². The number of carbonyl (C=O) groups excluding carboxylic acids is 2. The molecule has 0 saturated carbocycles. The highest BCUT2D eigenvalue weighted by Gasteiger charge is 2.25. The Kier molecular flexibility index (Phi) is 4.69. The minimum absolute atomic E-state index is 0.0512. The molecule has 2 aromatic carbocycles. The molecule has 142 valence electrons. The quantitative estimate of drug-likeness (QED) is 0.698. The van der Waals surface area contributed by atoms with Crippen molar-refractivity contribution >= 4 is 22.8 Å². The highest BCUT2D eigenvalue weighted by Crippen LogP contribution is 2.23. The molecule has 3 aromatic rings. The second-order valence-electron chi connectivity index (χ2n) is 6.97. The molecule has 0 spiro atoms. The van der Waals surface area contributed by atoms with Gasteiger partial charge in [-0.25, -0.2) is 4.79 Å². The Morgan fingerprint density at radius 2 is 1.93 bits per heavy atom.